The lowest BCUT2D eigenvalue weighted by Crippen LogP contribution is -1.76. The van der Waals surface area contributed by atoms with Crippen molar-refractivity contribution in [1.82, 2.24) is 10.2 Å². The number of H-pyrrole nitrogens is 1. The zero-order valence-corrected chi connectivity index (χ0v) is 8.35. The number of hydrogen-bond acceptors (Lipinski definition) is 1. The minimum atomic E-state index is 0.826. The zero-order valence-electron chi connectivity index (χ0n) is 6.76. The van der Waals surface area contributed by atoms with E-state index in [2.05, 4.69) is 51.3 Å². The summed E-state index contributed by atoms with van der Waals surface area (Å²) in [6.07, 6.45) is 0. The molecule has 2 nitrogen and oxygen atoms in total. The van der Waals surface area contributed by atoms with Crippen LogP contribution in [-0.4, -0.2) is 10.2 Å². The van der Waals surface area contributed by atoms with Gasteiger partial charge in [0.25, 0.3) is 0 Å². The molecule has 0 bridgehead atoms. The third-order valence-electron chi connectivity index (χ3n) is 2.00. The van der Waals surface area contributed by atoms with Gasteiger partial charge in [-0.3, -0.25) is 5.10 Å². The average molecular weight is 225 g/mol. The molecule has 0 aliphatic rings. The maximum Gasteiger partial charge on any atom is 0.0953 e. The second-order valence-electron chi connectivity index (χ2n) is 2.81. The van der Waals surface area contributed by atoms with Gasteiger partial charge in [-0.25, -0.2) is 0 Å². The molecule has 0 radical (unpaired) electrons. The zero-order chi connectivity index (χ0) is 8.55. The van der Waals surface area contributed by atoms with Crippen LogP contribution in [0.25, 0.3) is 10.9 Å². The Labute approximate surface area is 79.1 Å². The van der Waals surface area contributed by atoms with E-state index in [1.807, 2.05) is 0 Å². The van der Waals surface area contributed by atoms with Gasteiger partial charge in [-0.1, -0.05) is 34.1 Å². The summed E-state index contributed by atoms with van der Waals surface area (Å²) in [7, 11) is 0. The molecule has 0 amide bonds. The monoisotopic (exact) mass is 224 g/mol. The van der Waals surface area contributed by atoms with Crippen molar-refractivity contribution in [1.29, 1.82) is 0 Å². The topological polar surface area (TPSA) is 28.7 Å². The minimum absolute atomic E-state index is 0.826. The normalized spacial score (nSPS) is 10.8. The van der Waals surface area contributed by atoms with Crippen LogP contribution in [0, 0.1) is 6.92 Å². The van der Waals surface area contributed by atoms with Crippen LogP contribution in [0.4, 0.5) is 0 Å². The number of hydrogen-bond donors (Lipinski definition) is 1. The number of nitrogens with one attached hydrogen (secondary N) is 1. The fourth-order valence-corrected chi connectivity index (χ4v) is 1.76. The molecule has 0 aliphatic carbocycles. The molecule has 0 saturated heterocycles. The number of alkyl halides is 1. The minimum Gasteiger partial charge on any atom is -0.280 e. The largest absolute Gasteiger partial charge is 0.280 e. The summed E-state index contributed by atoms with van der Waals surface area (Å²) in [6, 6.07) is 6.21. The molecule has 1 aromatic heterocycles. The smallest absolute Gasteiger partial charge is 0.0953 e. The van der Waals surface area contributed by atoms with Gasteiger partial charge in [0.2, 0.25) is 0 Å². The Kier molecular flexibility index (Phi) is 1.89. The van der Waals surface area contributed by atoms with Crippen molar-refractivity contribution < 1.29 is 0 Å². The first kappa shape index (κ1) is 7.80. The lowest BCUT2D eigenvalue weighted by atomic mass is 10.1. The maximum absolute atomic E-state index is 4.23. The van der Waals surface area contributed by atoms with E-state index in [1.165, 1.54) is 10.9 Å². The van der Waals surface area contributed by atoms with E-state index in [0.29, 0.717) is 0 Å². The van der Waals surface area contributed by atoms with Gasteiger partial charge < -0.3 is 0 Å². The highest BCUT2D eigenvalue weighted by Crippen LogP contribution is 2.20. The van der Waals surface area contributed by atoms with Crippen LogP contribution in [0.5, 0.6) is 0 Å². The average Bonchev–Trinajstić information content (AvgIpc) is 2.49. The SMILES string of the molecule is Cc1cccc2c(CBr)[nH]nc12. The van der Waals surface area contributed by atoms with Gasteiger partial charge in [0.05, 0.1) is 11.2 Å². The molecule has 2 rings (SSSR count). The molecular formula is C9H9BrN2. The summed E-state index contributed by atoms with van der Waals surface area (Å²) in [5, 5.41) is 9.28. The predicted molar refractivity (Wildman–Crippen MR) is 53.5 cm³/mol. The van der Waals surface area contributed by atoms with Gasteiger partial charge in [0, 0.05) is 10.7 Å². The van der Waals surface area contributed by atoms with Gasteiger partial charge in [-0.15, -0.1) is 0 Å². The van der Waals surface area contributed by atoms with Crippen LogP contribution >= 0.6 is 15.9 Å². The number of aryl methyl sites for hydroxylation is 1. The lowest BCUT2D eigenvalue weighted by molar-refractivity contribution is 1.06. The number of aromatic amines is 1. The van der Waals surface area contributed by atoms with Gasteiger partial charge in [-0.2, -0.15) is 5.10 Å². The van der Waals surface area contributed by atoms with E-state index >= 15 is 0 Å². The second kappa shape index (κ2) is 2.90. The van der Waals surface area contributed by atoms with E-state index in [-0.39, 0.29) is 0 Å². The van der Waals surface area contributed by atoms with Crippen LogP contribution in [-0.2, 0) is 5.33 Å². The van der Waals surface area contributed by atoms with Crippen molar-refractivity contribution >= 4 is 26.8 Å². The van der Waals surface area contributed by atoms with Crippen molar-refractivity contribution in [3.63, 3.8) is 0 Å². The van der Waals surface area contributed by atoms with E-state index in [4.69, 9.17) is 0 Å². The third-order valence-corrected chi connectivity index (χ3v) is 2.56. The number of fused-ring (bicyclic) bond motifs is 1. The predicted octanol–water partition coefficient (Wildman–Crippen LogP) is 2.77. The number of aromatic nitrogens is 2. The standard InChI is InChI=1S/C9H9BrN2/c1-6-3-2-4-7-8(5-10)11-12-9(6)7/h2-4H,5H2,1H3,(H,11,12). The molecule has 12 heavy (non-hydrogen) atoms. The molecule has 0 saturated carbocycles. The molecule has 1 aromatic carbocycles. The van der Waals surface area contributed by atoms with Crippen LogP contribution in [0.15, 0.2) is 18.2 Å². The lowest BCUT2D eigenvalue weighted by Gasteiger charge is -1.93. The summed E-state index contributed by atoms with van der Waals surface area (Å²) in [5.41, 5.74) is 3.44. The summed E-state index contributed by atoms with van der Waals surface area (Å²) >= 11 is 3.41. The van der Waals surface area contributed by atoms with Crippen LogP contribution < -0.4 is 0 Å². The highest BCUT2D eigenvalue weighted by atomic mass is 79.9. The van der Waals surface area contributed by atoms with E-state index in [0.717, 1.165) is 16.5 Å². The summed E-state index contributed by atoms with van der Waals surface area (Å²) in [6.45, 7) is 2.07. The van der Waals surface area contributed by atoms with E-state index < -0.39 is 0 Å². The fraction of sp³-hybridized carbons (Fsp3) is 0.222. The highest BCUT2D eigenvalue weighted by Gasteiger charge is 2.04. The van der Waals surface area contributed by atoms with Gasteiger partial charge in [0.1, 0.15) is 0 Å². The quantitative estimate of drug-likeness (QED) is 0.742. The van der Waals surface area contributed by atoms with Crippen LogP contribution in [0.1, 0.15) is 11.3 Å². The van der Waals surface area contributed by atoms with E-state index in [1.54, 1.807) is 0 Å². The molecule has 1 N–H and O–H groups in total. The maximum atomic E-state index is 4.23. The van der Waals surface area contributed by atoms with Gasteiger partial charge in [-0.05, 0) is 12.5 Å². The highest BCUT2D eigenvalue weighted by molar-refractivity contribution is 9.08. The van der Waals surface area contributed by atoms with Crippen molar-refractivity contribution in [3.8, 4) is 0 Å². The fourth-order valence-electron chi connectivity index (χ4n) is 1.34. The molecule has 0 fully saturated rings. The Morgan fingerprint density at radius 1 is 1.50 bits per heavy atom. The molecule has 1 heterocycles. The number of para-hydroxylation sites is 1. The molecule has 2 aromatic rings. The molecule has 62 valence electrons. The van der Waals surface area contributed by atoms with Gasteiger partial charge in [0.15, 0.2) is 0 Å². The Balaban J connectivity index is 2.80. The van der Waals surface area contributed by atoms with Gasteiger partial charge >= 0.3 is 0 Å². The Bertz CT molecular complexity index is 406. The molecule has 0 unspecified atom stereocenters. The Hall–Kier alpha value is -0.830. The molecule has 0 aliphatic heterocycles. The first-order valence-electron chi connectivity index (χ1n) is 3.81. The third kappa shape index (κ3) is 1.05. The van der Waals surface area contributed by atoms with Crippen molar-refractivity contribution in [2.75, 3.05) is 0 Å². The molecular weight excluding hydrogens is 216 g/mol. The summed E-state index contributed by atoms with van der Waals surface area (Å²) in [4.78, 5) is 0. The van der Waals surface area contributed by atoms with Crippen LogP contribution in [0.3, 0.4) is 0 Å². The summed E-state index contributed by atoms with van der Waals surface area (Å²) in [5.74, 6) is 0. The van der Waals surface area contributed by atoms with Crippen molar-refractivity contribution in [2.24, 2.45) is 0 Å². The van der Waals surface area contributed by atoms with Crippen molar-refractivity contribution in [2.45, 2.75) is 12.3 Å². The second-order valence-corrected chi connectivity index (χ2v) is 3.37. The number of rotatable bonds is 1. The molecule has 3 heteroatoms. The first-order chi connectivity index (χ1) is 5.83. The Morgan fingerprint density at radius 2 is 2.33 bits per heavy atom. The first-order valence-corrected chi connectivity index (χ1v) is 4.93. The summed E-state index contributed by atoms with van der Waals surface area (Å²) < 4.78 is 0. The van der Waals surface area contributed by atoms with Crippen LogP contribution in [0.2, 0.25) is 0 Å². The molecule has 0 spiro atoms. The number of halogens is 1. The number of benzene rings is 1. The molecule has 0 atom stereocenters. The number of nitrogens with zero attached hydrogens (tertiary/aromatic N) is 1. The van der Waals surface area contributed by atoms with E-state index in [9.17, 15) is 0 Å². The van der Waals surface area contributed by atoms with Crippen molar-refractivity contribution in [3.05, 3.63) is 29.5 Å². The Morgan fingerprint density at radius 3 is 3.08 bits per heavy atom.